The highest BCUT2D eigenvalue weighted by Gasteiger charge is 2.40. The molecule has 18 heteroatoms. The molecule has 0 saturated heterocycles. The predicted molar refractivity (Wildman–Crippen MR) is 146 cm³/mol. The summed E-state index contributed by atoms with van der Waals surface area (Å²) in [5, 5.41) is 40.0. The molecule has 232 valence electrons. The standard InChI is InChI=1S/C26H28BF4N9O4/c1-25(2,13-40-19(18-11-32-37-35-18)9-21(36-40)26(29,30)31)34-23(41)20(8-14-10-33-38(3)12-14)39-7-6-15-16(27(43)44)4-5-17(28)22(15)24(39)42/h4-5,9-12,20,43-44H,6-8,13H2,1-3H3,(H,34,41)(H,32,35,37)/t20-/m1/s1. The Hall–Kier alpha value is -4.58. The molecule has 0 fully saturated rings. The summed E-state index contributed by atoms with van der Waals surface area (Å²) < 4.78 is 58.2. The van der Waals surface area contributed by atoms with E-state index in [2.05, 4.69) is 30.9 Å². The number of aromatic amines is 1. The Bertz CT molecular complexity index is 1680. The van der Waals surface area contributed by atoms with Crippen LogP contribution < -0.4 is 10.8 Å². The second-order valence-corrected chi connectivity index (χ2v) is 11.2. The van der Waals surface area contributed by atoms with E-state index in [-0.39, 0.29) is 53.9 Å². The van der Waals surface area contributed by atoms with Gasteiger partial charge in [-0.25, -0.2) is 4.39 Å². The van der Waals surface area contributed by atoms with E-state index < -0.39 is 48.2 Å². The Balaban J connectivity index is 1.45. The minimum absolute atomic E-state index is 0.00899. The lowest BCUT2D eigenvalue weighted by atomic mass is 9.73. The summed E-state index contributed by atoms with van der Waals surface area (Å²) in [5.41, 5.74) is -1.88. The van der Waals surface area contributed by atoms with Crippen LogP contribution in [0.1, 0.15) is 41.0 Å². The number of halogens is 4. The number of hydrogen-bond donors (Lipinski definition) is 4. The number of benzene rings is 1. The molecule has 1 atom stereocenters. The number of amides is 2. The van der Waals surface area contributed by atoms with Crippen molar-refractivity contribution in [2.45, 2.75) is 51.0 Å². The van der Waals surface area contributed by atoms with Gasteiger partial charge in [0.1, 0.15) is 17.6 Å². The van der Waals surface area contributed by atoms with Crippen molar-refractivity contribution >= 4 is 24.4 Å². The molecule has 44 heavy (non-hydrogen) atoms. The molecule has 2 amide bonds. The highest BCUT2D eigenvalue weighted by molar-refractivity contribution is 6.59. The van der Waals surface area contributed by atoms with Gasteiger partial charge in [0.2, 0.25) is 5.91 Å². The third-order valence-corrected chi connectivity index (χ3v) is 7.27. The number of nitrogens with zero attached hydrogens (tertiary/aromatic N) is 7. The van der Waals surface area contributed by atoms with Crippen LogP contribution in [0.5, 0.6) is 0 Å². The van der Waals surface area contributed by atoms with Crippen LogP contribution in [0.15, 0.2) is 36.8 Å². The number of hydrogen-bond acceptors (Lipinski definition) is 8. The van der Waals surface area contributed by atoms with Crippen molar-refractivity contribution in [3.05, 3.63) is 65.0 Å². The van der Waals surface area contributed by atoms with Crippen molar-refractivity contribution in [1.82, 2.24) is 45.2 Å². The molecule has 3 aromatic heterocycles. The summed E-state index contributed by atoms with van der Waals surface area (Å²) in [6.45, 7) is 2.89. The number of alkyl halides is 3. The molecule has 13 nitrogen and oxygen atoms in total. The summed E-state index contributed by atoms with van der Waals surface area (Å²) in [6, 6.07) is 1.80. The highest BCUT2D eigenvalue weighted by atomic mass is 19.4. The summed E-state index contributed by atoms with van der Waals surface area (Å²) in [4.78, 5) is 28.8. The first-order valence-electron chi connectivity index (χ1n) is 13.4. The molecule has 5 rings (SSSR count). The van der Waals surface area contributed by atoms with Crippen LogP contribution in [0, 0.1) is 5.82 Å². The second-order valence-electron chi connectivity index (χ2n) is 11.2. The van der Waals surface area contributed by atoms with E-state index in [1.165, 1.54) is 28.0 Å². The van der Waals surface area contributed by atoms with E-state index in [1.807, 2.05) is 0 Å². The van der Waals surface area contributed by atoms with Gasteiger partial charge in [0.15, 0.2) is 5.69 Å². The van der Waals surface area contributed by atoms with E-state index in [4.69, 9.17) is 0 Å². The zero-order chi connectivity index (χ0) is 32.0. The van der Waals surface area contributed by atoms with Crippen molar-refractivity contribution in [2.75, 3.05) is 6.54 Å². The molecule has 0 saturated carbocycles. The highest BCUT2D eigenvalue weighted by Crippen LogP contribution is 2.32. The molecule has 4 heterocycles. The number of carbonyl (C=O) groups is 2. The van der Waals surface area contributed by atoms with E-state index >= 15 is 0 Å². The van der Waals surface area contributed by atoms with Crippen molar-refractivity contribution in [3.8, 4) is 11.4 Å². The number of nitrogens with one attached hydrogen (secondary N) is 2. The van der Waals surface area contributed by atoms with Crippen LogP contribution in [0.25, 0.3) is 11.4 Å². The molecule has 1 aliphatic heterocycles. The minimum atomic E-state index is -4.74. The van der Waals surface area contributed by atoms with E-state index in [9.17, 15) is 37.2 Å². The van der Waals surface area contributed by atoms with Gasteiger partial charge in [-0.2, -0.15) is 38.8 Å². The molecule has 0 radical (unpaired) electrons. The number of rotatable bonds is 9. The zero-order valence-electron chi connectivity index (χ0n) is 23.8. The van der Waals surface area contributed by atoms with Crippen molar-refractivity contribution in [1.29, 1.82) is 0 Å². The fraction of sp³-hybridized carbons (Fsp3) is 0.385. The molecule has 4 N–H and O–H groups in total. The maximum absolute atomic E-state index is 15.0. The zero-order valence-corrected chi connectivity index (χ0v) is 23.8. The van der Waals surface area contributed by atoms with Crippen LogP contribution >= 0.6 is 0 Å². The SMILES string of the molecule is Cn1cc(C[C@H](C(=O)NC(C)(C)Cn2nc(C(F)(F)F)cc2-c2cn[nH]n2)N2CCc3c(B(O)O)ccc(F)c3C2=O)cn1. The largest absolute Gasteiger partial charge is 0.488 e. The van der Waals surface area contributed by atoms with E-state index in [0.717, 1.165) is 16.8 Å². The summed E-state index contributed by atoms with van der Waals surface area (Å²) in [7, 11) is -0.256. The van der Waals surface area contributed by atoms with Crippen LogP contribution in [0.2, 0.25) is 0 Å². The van der Waals surface area contributed by atoms with Gasteiger partial charge in [-0.05, 0) is 49.0 Å². The van der Waals surface area contributed by atoms with Gasteiger partial charge in [0.05, 0.1) is 35.7 Å². The molecule has 0 spiro atoms. The summed E-state index contributed by atoms with van der Waals surface area (Å²) >= 11 is 0. The smallest absolute Gasteiger partial charge is 0.423 e. The lowest BCUT2D eigenvalue weighted by molar-refractivity contribution is -0.141. The first kappa shape index (κ1) is 30.9. The van der Waals surface area contributed by atoms with Crippen LogP contribution in [0.3, 0.4) is 0 Å². The number of aryl methyl sites for hydroxylation is 1. The molecule has 0 aliphatic carbocycles. The number of aromatic nitrogens is 7. The molecular weight excluding hydrogens is 589 g/mol. The monoisotopic (exact) mass is 617 g/mol. The van der Waals surface area contributed by atoms with Crippen molar-refractivity contribution in [2.24, 2.45) is 7.05 Å². The predicted octanol–water partition coefficient (Wildman–Crippen LogP) is 0.444. The fourth-order valence-corrected chi connectivity index (χ4v) is 5.34. The maximum atomic E-state index is 15.0. The average molecular weight is 617 g/mol. The maximum Gasteiger partial charge on any atom is 0.488 e. The average Bonchev–Trinajstić information content (AvgIpc) is 3.68. The van der Waals surface area contributed by atoms with Gasteiger partial charge in [0.25, 0.3) is 5.91 Å². The lowest BCUT2D eigenvalue weighted by Crippen LogP contribution is -2.58. The first-order valence-corrected chi connectivity index (χ1v) is 13.4. The molecular formula is C26H28BF4N9O4. The number of fused-ring (bicyclic) bond motifs is 1. The third-order valence-electron chi connectivity index (χ3n) is 7.27. The number of H-pyrrole nitrogens is 1. The summed E-state index contributed by atoms with van der Waals surface area (Å²) in [6.07, 6.45) is -0.296. The number of carbonyl (C=O) groups excluding carboxylic acids is 2. The van der Waals surface area contributed by atoms with Crippen LogP contribution in [-0.2, 0) is 37.4 Å². The Kier molecular flexibility index (Phi) is 8.06. The molecule has 1 aromatic carbocycles. The van der Waals surface area contributed by atoms with Crippen molar-refractivity contribution < 1.29 is 37.2 Å². The third kappa shape index (κ3) is 6.21. The van der Waals surface area contributed by atoms with E-state index in [0.29, 0.717) is 5.56 Å². The second kappa shape index (κ2) is 11.5. The van der Waals surface area contributed by atoms with Crippen molar-refractivity contribution in [3.63, 3.8) is 0 Å². The topological polar surface area (TPSA) is 167 Å². The summed E-state index contributed by atoms with van der Waals surface area (Å²) in [5.74, 6) is -2.34. The Morgan fingerprint density at radius 3 is 2.59 bits per heavy atom. The van der Waals surface area contributed by atoms with Gasteiger partial charge in [-0.1, -0.05) is 6.07 Å². The van der Waals surface area contributed by atoms with Gasteiger partial charge in [-0.3, -0.25) is 19.0 Å². The van der Waals surface area contributed by atoms with Crippen LogP contribution in [0.4, 0.5) is 17.6 Å². The minimum Gasteiger partial charge on any atom is -0.423 e. The Labute approximate surface area is 248 Å². The van der Waals surface area contributed by atoms with Gasteiger partial charge >= 0.3 is 13.3 Å². The Morgan fingerprint density at radius 1 is 1.23 bits per heavy atom. The quantitative estimate of drug-likeness (QED) is 0.155. The van der Waals surface area contributed by atoms with Gasteiger partial charge in [-0.15, -0.1) is 0 Å². The normalized spacial score (nSPS) is 14.5. The van der Waals surface area contributed by atoms with Gasteiger partial charge in [0, 0.05) is 26.2 Å². The lowest BCUT2D eigenvalue weighted by Gasteiger charge is -2.37. The van der Waals surface area contributed by atoms with Crippen LogP contribution in [-0.4, -0.2) is 87.0 Å². The molecule has 0 bridgehead atoms. The molecule has 4 aromatic rings. The molecule has 1 aliphatic rings. The molecule has 0 unspecified atom stereocenters. The first-order chi connectivity index (χ1) is 20.6. The fourth-order valence-electron chi connectivity index (χ4n) is 5.34. The van der Waals surface area contributed by atoms with Gasteiger partial charge < -0.3 is 20.3 Å². The Morgan fingerprint density at radius 2 is 1.98 bits per heavy atom. The van der Waals surface area contributed by atoms with E-state index in [1.54, 1.807) is 27.1 Å².